The van der Waals surface area contributed by atoms with Crippen molar-refractivity contribution in [3.8, 4) is 17.0 Å². The van der Waals surface area contributed by atoms with Gasteiger partial charge in [0.1, 0.15) is 17.7 Å². The van der Waals surface area contributed by atoms with Crippen LogP contribution >= 0.6 is 0 Å². The van der Waals surface area contributed by atoms with Gasteiger partial charge in [0.2, 0.25) is 5.91 Å². The minimum absolute atomic E-state index is 0.0128. The summed E-state index contributed by atoms with van der Waals surface area (Å²) in [6, 6.07) is 18.0. The first-order chi connectivity index (χ1) is 30.5. The summed E-state index contributed by atoms with van der Waals surface area (Å²) in [4.78, 5) is 63.3. The first-order valence-corrected chi connectivity index (χ1v) is 22.1. The fraction of sp³-hybridized carbons (Fsp3) is 0.426. The molecule has 16 nitrogen and oxygen atoms in total. The van der Waals surface area contributed by atoms with Gasteiger partial charge in [0.25, 0.3) is 0 Å². The van der Waals surface area contributed by atoms with Gasteiger partial charge in [-0.2, -0.15) is 4.98 Å². The molecule has 1 saturated carbocycles. The van der Waals surface area contributed by atoms with E-state index in [1.165, 1.54) is 5.69 Å². The number of fused-ring (bicyclic) bond motifs is 3. The van der Waals surface area contributed by atoms with Gasteiger partial charge in [-0.3, -0.25) is 24.7 Å². The summed E-state index contributed by atoms with van der Waals surface area (Å²) in [5.41, 5.74) is 8.46. The van der Waals surface area contributed by atoms with Crippen LogP contribution < -0.4 is 30.1 Å². The Kier molecular flexibility index (Phi) is 10.5. The highest BCUT2D eigenvalue weighted by Gasteiger charge is 2.44. The average molecular weight is 852 g/mol. The fourth-order valence-corrected chi connectivity index (χ4v) is 9.55. The quantitative estimate of drug-likeness (QED) is 0.129. The van der Waals surface area contributed by atoms with Crippen molar-refractivity contribution in [1.29, 1.82) is 0 Å². The Balaban J connectivity index is 0.772. The van der Waals surface area contributed by atoms with E-state index in [2.05, 4.69) is 82.7 Å². The highest BCUT2D eigenvalue weighted by molar-refractivity contribution is 6.13. The second-order valence-corrected chi connectivity index (χ2v) is 17.9. The Hall–Kier alpha value is -6.55. The summed E-state index contributed by atoms with van der Waals surface area (Å²) < 4.78 is 11.4. The minimum Gasteiger partial charge on any atom is -0.495 e. The molecule has 0 spiro atoms. The second kappa shape index (κ2) is 16.3. The standard InChI is InChI=1S/C47H53N11O5/c1-28-23-31(5-10-34(28)29(2)50-43(60)44-53-45(54-63-44)47(3)14-15-47)41-40-35-24-38(62-4)37(25-36(35)51-42(40)49-27-48-41)57-21-19-55(20-22-57)26-30-11-16-56(17-12-30)32-6-8-33(9-7-32)58-18-13-39(59)52-46(58)61/h5-10,23-25,27,29-30H,11-22,26H2,1-4H3,(H,50,60)(H,48,49,51)(H,52,59,61). The van der Waals surface area contributed by atoms with E-state index >= 15 is 0 Å². The summed E-state index contributed by atoms with van der Waals surface area (Å²) in [5.74, 6) is 1.43. The maximum Gasteiger partial charge on any atom is 0.328 e. The number of hydrogen-bond acceptors (Lipinski definition) is 12. The molecule has 4 fully saturated rings. The molecule has 6 aromatic rings. The van der Waals surface area contributed by atoms with Gasteiger partial charge in [-0.1, -0.05) is 24.2 Å². The van der Waals surface area contributed by atoms with Gasteiger partial charge in [0.05, 0.1) is 35.4 Å². The lowest BCUT2D eigenvalue weighted by Gasteiger charge is -2.40. The molecule has 4 aliphatic rings. The fourth-order valence-electron chi connectivity index (χ4n) is 9.55. The number of nitrogens with zero attached hydrogens (tertiary/aromatic N) is 8. The minimum atomic E-state index is -0.387. The SMILES string of the molecule is COc1cc2c(cc1N1CCN(CC3CCN(c4ccc(N5CCC(=O)NC5=O)cc4)CC3)CC1)[nH]c1ncnc(-c3ccc(C(C)NC(=O)c4nc(C5(C)CC5)no4)c(C)c3)c12. The van der Waals surface area contributed by atoms with Crippen LogP contribution in [0.25, 0.3) is 33.2 Å². The van der Waals surface area contributed by atoms with Gasteiger partial charge in [0, 0.05) is 86.5 Å². The number of rotatable bonds is 11. The molecule has 63 heavy (non-hydrogen) atoms. The molecule has 3 saturated heterocycles. The molecule has 0 radical (unpaired) electrons. The summed E-state index contributed by atoms with van der Waals surface area (Å²) in [7, 11) is 1.73. The van der Waals surface area contributed by atoms with E-state index in [-0.39, 0.29) is 35.2 Å². The molecule has 1 atom stereocenters. The van der Waals surface area contributed by atoms with Gasteiger partial charge in [-0.05, 0) is 99.0 Å². The third-order valence-corrected chi connectivity index (χ3v) is 13.6. The van der Waals surface area contributed by atoms with Crippen LogP contribution in [0.5, 0.6) is 5.75 Å². The number of benzene rings is 3. The van der Waals surface area contributed by atoms with Crippen molar-refractivity contribution in [1.82, 2.24) is 40.6 Å². The number of methoxy groups -OCH3 is 1. The molecule has 0 bridgehead atoms. The van der Waals surface area contributed by atoms with E-state index in [1.54, 1.807) is 18.3 Å². The molecular weight excluding hydrogens is 799 g/mol. The van der Waals surface area contributed by atoms with Gasteiger partial charge in [-0.15, -0.1) is 0 Å². The molecule has 10 rings (SSSR count). The highest BCUT2D eigenvalue weighted by Crippen LogP contribution is 2.46. The van der Waals surface area contributed by atoms with Crippen LogP contribution in [0, 0.1) is 12.8 Å². The largest absolute Gasteiger partial charge is 0.495 e. The molecule has 3 N–H and O–H groups in total. The number of H-pyrrole nitrogens is 1. The van der Waals surface area contributed by atoms with Crippen molar-refractivity contribution in [3.63, 3.8) is 0 Å². The molecular formula is C47H53N11O5. The number of aryl methyl sites for hydroxylation is 1. The Morgan fingerprint density at radius 2 is 1.71 bits per heavy atom. The van der Waals surface area contributed by atoms with Crippen LogP contribution in [-0.2, 0) is 10.2 Å². The Labute approximate surface area is 365 Å². The number of urea groups is 1. The first-order valence-electron chi connectivity index (χ1n) is 22.1. The first kappa shape index (κ1) is 40.5. The highest BCUT2D eigenvalue weighted by atomic mass is 16.5. The normalized spacial score (nSPS) is 18.8. The number of aromatic amines is 1. The van der Waals surface area contributed by atoms with Crippen molar-refractivity contribution in [3.05, 3.63) is 83.8 Å². The number of imide groups is 1. The lowest BCUT2D eigenvalue weighted by molar-refractivity contribution is -0.120. The predicted molar refractivity (Wildman–Crippen MR) is 240 cm³/mol. The second-order valence-electron chi connectivity index (χ2n) is 17.9. The molecule has 3 aromatic heterocycles. The topological polar surface area (TPSA) is 178 Å². The number of hydrogen-bond donors (Lipinski definition) is 3. The third-order valence-electron chi connectivity index (χ3n) is 13.6. The van der Waals surface area contributed by atoms with Crippen LogP contribution in [0.2, 0.25) is 0 Å². The summed E-state index contributed by atoms with van der Waals surface area (Å²) in [6.07, 6.45) is 6.19. The molecule has 1 aliphatic carbocycles. The number of nitrogens with one attached hydrogen (secondary N) is 3. The smallest absolute Gasteiger partial charge is 0.328 e. The van der Waals surface area contributed by atoms with Gasteiger partial charge in [0.15, 0.2) is 5.82 Å². The van der Waals surface area contributed by atoms with Crippen molar-refractivity contribution >= 4 is 56.8 Å². The van der Waals surface area contributed by atoms with Crippen LogP contribution in [-0.4, -0.2) is 107 Å². The molecule has 1 unspecified atom stereocenters. The van der Waals surface area contributed by atoms with E-state index in [0.717, 1.165) is 133 Å². The van der Waals surface area contributed by atoms with Crippen molar-refractivity contribution in [2.45, 2.75) is 64.3 Å². The Morgan fingerprint density at radius 1 is 0.952 bits per heavy atom. The number of piperazine rings is 1. The van der Waals surface area contributed by atoms with E-state index in [4.69, 9.17) is 14.2 Å². The van der Waals surface area contributed by atoms with Crippen molar-refractivity contribution < 1.29 is 23.6 Å². The Morgan fingerprint density at radius 3 is 2.43 bits per heavy atom. The predicted octanol–water partition coefficient (Wildman–Crippen LogP) is 6.51. The maximum atomic E-state index is 13.0. The van der Waals surface area contributed by atoms with E-state index in [1.807, 2.05) is 38.1 Å². The van der Waals surface area contributed by atoms with Crippen LogP contribution in [0.1, 0.15) is 79.6 Å². The molecule has 6 heterocycles. The summed E-state index contributed by atoms with van der Waals surface area (Å²) >= 11 is 0. The zero-order valence-corrected chi connectivity index (χ0v) is 36.2. The summed E-state index contributed by atoms with van der Waals surface area (Å²) in [5, 5.41) is 11.4. The average Bonchev–Trinajstić information content (AvgIpc) is 3.66. The van der Waals surface area contributed by atoms with Crippen LogP contribution in [0.4, 0.5) is 21.9 Å². The van der Waals surface area contributed by atoms with Gasteiger partial charge < -0.3 is 29.4 Å². The zero-order chi connectivity index (χ0) is 43.4. The van der Waals surface area contributed by atoms with Crippen molar-refractivity contribution in [2.24, 2.45) is 5.92 Å². The maximum absolute atomic E-state index is 13.0. The number of anilines is 3. The Bertz CT molecular complexity index is 2710. The number of carbonyl (C=O) groups is 3. The molecule has 3 aromatic carbocycles. The van der Waals surface area contributed by atoms with E-state index in [0.29, 0.717) is 24.7 Å². The number of carbonyl (C=O) groups excluding carboxylic acids is 3. The molecule has 4 amide bonds. The van der Waals surface area contributed by atoms with Gasteiger partial charge >= 0.3 is 17.8 Å². The molecule has 16 heteroatoms. The number of aromatic nitrogens is 5. The number of ether oxygens (including phenoxy) is 1. The lowest BCUT2D eigenvalue weighted by atomic mass is 9.95. The lowest BCUT2D eigenvalue weighted by Crippen LogP contribution is -2.49. The number of amides is 4. The third kappa shape index (κ3) is 7.92. The van der Waals surface area contributed by atoms with Crippen molar-refractivity contribution in [2.75, 3.05) is 74.2 Å². The molecule has 3 aliphatic heterocycles. The zero-order valence-electron chi connectivity index (χ0n) is 36.2. The van der Waals surface area contributed by atoms with E-state index < -0.39 is 0 Å². The van der Waals surface area contributed by atoms with Crippen LogP contribution in [0.15, 0.2) is 65.4 Å². The molecule has 326 valence electrons. The number of piperidine rings is 1. The summed E-state index contributed by atoms with van der Waals surface area (Å²) in [6.45, 7) is 13.4. The van der Waals surface area contributed by atoms with Crippen LogP contribution in [0.3, 0.4) is 0 Å². The van der Waals surface area contributed by atoms with E-state index in [9.17, 15) is 14.4 Å². The monoisotopic (exact) mass is 851 g/mol. The van der Waals surface area contributed by atoms with Gasteiger partial charge in [-0.25, -0.2) is 14.8 Å².